The number of carbonyl (C=O) groups is 1. The van der Waals surface area contributed by atoms with Crippen molar-refractivity contribution in [3.63, 3.8) is 0 Å². The van der Waals surface area contributed by atoms with Crippen LogP contribution in [-0.2, 0) is 12.0 Å². The second-order valence-electron chi connectivity index (χ2n) is 7.85. The molecule has 3 aliphatic rings. The Hall–Kier alpha value is -2.09. The van der Waals surface area contributed by atoms with Crippen LogP contribution in [0.1, 0.15) is 65.1 Å². The molecule has 1 spiro atoms. The highest BCUT2D eigenvalue weighted by molar-refractivity contribution is 5.94. The fraction of sp³-hybridized carbons (Fsp3) is 0.409. The van der Waals surface area contributed by atoms with Gasteiger partial charge in [0.1, 0.15) is 0 Å². The Kier molecular flexibility index (Phi) is 3.09. The van der Waals surface area contributed by atoms with Gasteiger partial charge in [0.25, 0.3) is 5.91 Å². The van der Waals surface area contributed by atoms with Crippen LogP contribution < -0.4 is 0 Å². The van der Waals surface area contributed by atoms with E-state index in [9.17, 15) is 4.79 Å². The van der Waals surface area contributed by atoms with Crippen LogP contribution in [0.15, 0.2) is 48.5 Å². The van der Waals surface area contributed by atoms with Gasteiger partial charge in [0, 0.05) is 24.1 Å². The SMILES string of the molecule is O=C(c1cccc(C2CC2)c1)N1Cc2ccccc2C2(CCC2)C1. The van der Waals surface area contributed by atoms with Gasteiger partial charge in [0.2, 0.25) is 0 Å². The third-order valence-corrected chi connectivity index (χ3v) is 6.22. The van der Waals surface area contributed by atoms with Gasteiger partial charge in [-0.3, -0.25) is 4.79 Å². The lowest BCUT2D eigenvalue weighted by molar-refractivity contribution is 0.0587. The van der Waals surface area contributed by atoms with Crippen molar-refractivity contribution in [3.8, 4) is 0 Å². The van der Waals surface area contributed by atoms with Crippen molar-refractivity contribution in [3.05, 3.63) is 70.8 Å². The van der Waals surface area contributed by atoms with Gasteiger partial charge in [-0.1, -0.05) is 42.8 Å². The van der Waals surface area contributed by atoms with Gasteiger partial charge < -0.3 is 4.90 Å². The fourth-order valence-corrected chi connectivity index (χ4v) is 4.59. The Morgan fingerprint density at radius 2 is 1.88 bits per heavy atom. The first-order chi connectivity index (χ1) is 11.8. The Labute approximate surface area is 143 Å². The Balaban J connectivity index is 1.47. The van der Waals surface area contributed by atoms with Gasteiger partial charge in [0.05, 0.1) is 0 Å². The predicted octanol–water partition coefficient (Wildman–Crippen LogP) is 4.64. The summed E-state index contributed by atoms with van der Waals surface area (Å²) in [6, 6.07) is 17.1. The van der Waals surface area contributed by atoms with Crippen LogP contribution in [0, 0.1) is 0 Å². The zero-order valence-corrected chi connectivity index (χ0v) is 14.0. The van der Waals surface area contributed by atoms with E-state index in [-0.39, 0.29) is 11.3 Å². The molecular weight excluding hydrogens is 294 g/mol. The highest BCUT2D eigenvalue weighted by Crippen LogP contribution is 2.48. The molecule has 2 aromatic carbocycles. The lowest BCUT2D eigenvalue weighted by Gasteiger charge is -2.50. The molecule has 24 heavy (non-hydrogen) atoms. The van der Waals surface area contributed by atoms with Crippen LogP contribution in [0.5, 0.6) is 0 Å². The molecule has 2 heteroatoms. The van der Waals surface area contributed by atoms with E-state index in [1.165, 1.54) is 48.8 Å². The summed E-state index contributed by atoms with van der Waals surface area (Å²) < 4.78 is 0. The van der Waals surface area contributed by atoms with Gasteiger partial charge in [-0.2, -0.15) is 0 Å². The first-order valence-electron chi connectivity index (χ1n) is 9.23. The molecule has 0 saturated heterocycles. The van der Waals surface area contributed by atoms with Crippen LogP contribution in [0.2, 0.25) is 0 Å². The molecule has 0 unspecified atom stereocenters. The van der Waals surface area contributed by atoms with Crippen LogP contribution in [-0.4, -0.2) is 17.4 Å². The number of benzene rings is 2. The van der Waals surface area contributed by atoms with Gasteiger partial charge >= 0.3 is 0 Å². The summed E-state index contributed by atoms with van der Waals surface area (Å²) in [6.07, 6.45) is 6.27. The van der Waals surface area contributed by atoms with E-state index < -0.39 is 0 Å². The largest absolute Gasteiger partial charge is 0.333 e. The van der Waals surface area contributed by atoms with E-state index in [0.717, 1.165) is 18.7 Å². The van der Waals surface area contributed by atoms with Gasteiger partial charge in [0.15, 0.2) is 0 Å². The van der Waals surface area contributed by atoms with E-state index in [1.807, 2.05) is 6.07 Å². The Morgan fingerprint density at radius 3 is 2.62 bits per heavy atom. The molecule has 2 saturated carbocycles. The number of rotatable bonds is 2. The average molecular weight is 317 g/mol. The molecule has 2 nitrogen and oxygen atoms in total. The van der Waals surface area contributed by atoms with Crippen molar-refractivity contribution in [1.29, 1.82) is 0 Å². The fourth-order valence-electron chi connectivity index (χ4n) is 4.59. The summed E-state index contributed by atoms with van der Waals surface area (Å²) in [5.74, 6) is 0.899. The lowest BCUT2D eigenvalue weighted by atomic mass is 9.61. The highest BCUT2D eigenvalue weighted by atomic mass is 16.2. The smallest absolute Gasteiger partial charge is 0.254 e. The number of hydrogen-bond donors (Lipinski definition) is 0. The number of hydrogen-bond acceptors (Lipinski definition) is 1. The summed E-state index contributed by atoms with van der Waals surface area (Å²) >= 11 is 0. The van der Waals surface area contributed by atoms with Gasteiger partial charge in [-0.25, -0.2) is 0 Å². The first-order valence-corrected chi connectivity index (χ1v) is 9.23. The molecule has 0 N–H and O–H groups in total. The number of fused-ring (bicyclic) bond motifs is 2. The maximum atomic E-state index is 13.2. The molecular formula is C22H23NO. The van der Waals surface area contributed by atoms with E-state index in [1.54, 1.807) is 0 Å². The molecule has 2 fully saturated rings. The molecule has 2 aliphatic carbocycles. The third kappa shape index (κ3) is 2.20. The van der Waals surface area contributed by atoms with Crippen LogP contribution in [0.4, 0.5) is 0 Å². The minimum atomic E-state index is 0.207. The van der Waals surface area contributed by atoms with Crippen molar-refractivity contribution in [1.82, 2.24) is 4.90 Å². The Morgan fingerprint density at radius 1 is 1.04 bits per heavy atom. The highest BCUT2D eigenvalue weighted by Gasteiger charge is 2.45. The van der Waals surface area contributed by atoms with Crippen LogP contribution in [0.3, 0.4) is 0 Å². The first kappa shape index (κ1) is 14.3. The second-order valence-corrected chi connectivity index (χ2v) is 7.85. The molecule has 1 heterocycles. The number of nitrogens with zero attached hydrogens (tertiary/aromatic N) is 1. The zero-order chi connectivity index (χ0) is 16.1. The molecule has 0 bridgehead atoms. The molecule has 122 valence electrons. The quantitative estimate of drug-likeness (QED) is 0.790. The van der Waals surface area contributed by atoms with Crippen molar-refractivity contribution in [2.75, 3.05) is 6.54 Å². The van der Waals surface area contributed by atoms with Crippen molar-refractivity contribution >= 4 is 5.91 Å². The van der Waals surface area contributed by atoms with Gasteiger partial charge in [-0.15, -0.1) is 0 Å². The standard InChI is InChI=1S/C22H23NO/c24-21(18-7-3-6-17(13-18)16-9-10-16)23-14-19-5-1-2-8-20(19)22(15-23)11-4-12-22/h1-3,5-8,13,16H,4,9-12,14-15H2. The maximum absolute atomic E-state index is 13.2. The van der Waals surface area contributed by atoms with E-state index >= 15 is 0 Å². The van der Waals surface area contributed by atoms with E-state index in [0.29, 0.717) is 5.92 Å². The molecule has 0 aromatic heterocycles. The van der Waals surface area contributed by atoms with Crippen LogP contribution in [0.25, 0.3) is 0 Å². The van der Waals surface area contributed by atoms with Crippen LogP contribution >= 0.6 is 0 Å². The van der Waals surface area contributed by atoms with E-state index in [2.05, 4.69) is 47.4 Å². The van der Waals surface area contributed by atoms with Crippen molar-refractivity contribution in [2.45, 2.75) is 50.0 Å². The number of carbonyl (C=O) groups excluding carboxylic acids is 1. The topological polar surface area (TPSA) is 20.3 Å². The summed E-state index contributed by atoms with van der Waals surface area (Å²) in [6.45, 7) is 1.64. The molecule has 5 rings (SSSR count). The molecule has 2 aromatic rings. The minimum absolute atomic E-state index is 0.207. The van der Waals surface area contributed by atoms with Crippen molar-refractivity contribution in [2.24, 2.45) is 0 Å². The predicted molar refractivity (Wildman–Crippen MR) is 95.1 cm³/mol. The normalized spacial score (nSPS) is 21.2. The molecule has 0 atom stereocenters. The van der Waals surface area contributed by atoms with Gasteiger partial charge in [-0.05, 0) is 60.4 Å². The third-order valence-electron chi connectivity index (χ3n) is 6.22. The molecule has 1 aliphatic heterocycles. The molecule has 1 amide bonds. The summed E-state index contributed by atoms with van der Waals surface area (Å²) in [4.78, 5) is 15.2. The Bertz CT molecular complexity index is 801. The van der Waals surface area contributed by atoms with E-state index in [4.69, 9.17) is 0 Å². The molecule has 0 radical (unpaired) electrons. The monoisotopic (exact) mass is 317 g/mol. The zero-order valence-electron chi connectivity index (χ0n) is 14.0. The lowest BCUT2D eigenvalue weighted by Crippen LogP contribution is -2.51. The second kappa shape index (κ2) is 5.20. The van der Waals surface area contributed by atoms with Crippen molar-refractivity contribution < 1.29 is 4.79 Å². The number of amides is 1. The maximum Gasteiger partial charge on any atom is 0.254 e. The summed E-state index contributed by atoms with van der Waals surface area (Å²) in [5, 5.41) is 0. The minimum Gasteiger partial charge on any atom is -0.333 e. The summed E-state index contributed by atoms with van der Waals surface area (Å²) in [5.41, 5.74) is 5.27. The average Bonchev–Trinajstić information content (AvgIpc) is 3.44. The summed E-state index contributed by atoms with van der Waals surface area (Å²) in [7, 11) is 0.